The van der Waals surface area contributed by atoms with Crippen LogP contribution in [0.3, 0.4) is 0 Å². The zero-order valence-corrected chi connectivity index (χ0v) is 16.3. The first-order chi connectivity index (χ1) is 14.3. The number of aliphatic hydroxyl groups is 1. The molecule has 0 aliphatic carbocycles. The zero-order valence-electron chi connectivity index (χ0n) is 15.6. The van der Waals surface area contributed by atoms with Crippen LogP contribution in [0.2, 0.25) is 5.02 Å². The van der Waals surface area contributed by atoms with E-state index in [4.69, 9.17) is 11.6 Å². The average molecular weight is 435 g/mol. The number of hydrogen-bond acceptors (Lipinski definition) is 3. The van der Waals surface area contributed by atoms with Crippen molar-refractivity contribution in [3.05, 3.63) is 94.5 Å². The maximum Gasteiger partial charge on any atom is 0.416 e. The molecular weight excluding hydrogens is 417 g/mol. The number of anilines is 2. The van der Waals surface area contributed by atoms with Crippen molar-refractivity contribution in [2.24, 2.45) is 0 Å². The van der Waals surface area contributed by atoms with Gasteiger partial charge in [0.25, 0.3) is 5.91 Å². The molecule has 0 saturated carbocycles. The van der Waals surface area contributed by atoms with Gasteiger partial charge >= 0.3 is 6.18 Å². The van der Waals surface area contributed by atoms with Crippen molar-refractivity contribution in [2.45, 2.75) is 18.8 Å². The lowest BCUT2D eigenvalue weighted by Gasteiger charge is -2.21. The van der Waals surface area contributed by atoms with Crippen LogP contribution in [0.15, 0.2) is 72.8 Å². The lowest BCUT2D eigenvalue weighted by molar-refractivity contribution is -0.137. The average Bonchev–Trinajstić information content (AvgIpc) is 2.73. The Morgan fingerprint density at radius 2 is 1.73 bits per heavy atom. The molecule has 3 rings (SSSR count). The van der Waals surface area contributed by atoms with Crippen molar-refractivity contribution < 1.29 is 23.1 Å². The van der Waals surface area contributed by atoms with Crippen LogP contribution in [0.4, 0.5) is 24.5 Å². The van der Waals surface area contributed by atoms with Gasteiger partial charge in [-0.15, -0.1) is 0 Å². The number of halogens is 4. The number of rotatable bonds is 6. The summed E-state index contributed by atoms with van der Waals surface area (Å²) in [5, 5.41) is 14.9. The second kappa shape index (κ2) is 9.19. The number of hydrogen-bond donors (Lipinski definition) is 3. The largest absolute Gasteiger partial charge is 0.416 e. The summed E-state index contributed by atoms with van der Waals surface area (Å²) in [5.41, 5.74) is 0.770. The highest BCUT2D eigenvalue weighted by Gasteiger charge is 2.31. The van der Waals surface area contributed by atoms with Gasteiger partial charge in [0.1, 0.15) is 6.04 Å². The van der Waals surface area contributed by atoms with Gasteiger partial charge in [-0.05, 0) is 41.5 Å². The molecule has 1 amide bonds. The molecule has 0 aliphatic rings. The minimum atomic E-state index is -4.56. The molecule has 0 heterocycles. The molecule has 0 radical (unpaired) electrons. The molecule has 0 bridgehead atoms. The Labute approximate surface area is 176 Å². The molecule has 1 atom stereocenters. The number of benzene rings is 3. The summed E-state index contributed by atoms with van der Waals surface area (Å²) < 4.78 is 39.1. The molecule has 3 aromatic rings. The first-order valence-electron chi connectivity index (χ1n) is 8.97. The van der Waals surface area contributed by atoms with E-state index in [1.807, 2.05) is 0 Å². The Bertz CT molecular complexity index is 1030. The fraction of sp³-hybridized carbons (Fsp3) is 0.136. The second-order valence-corrected chi connectivity index (χ2v) is 6.94. The molecule has 3 N–H and O–H groups in total. The highest BCUT2D eigenvalue weighted by molar-refractivity contribution is 6.33. The summed E-state index contributed by atoms with van der Waals surface area (Å²) in [6, 6.07) is 17.4. The number of nitrogens with one attached hydrogen (secondary N) is 2. The number of alkyl halides is 3. The predicted octanol–water partition coefficient (Wildman–Crippen LogP) is 5.64. The van der Waals surface area contributed by atoms with E-state index in [1.165, 1.54) is 0 Å². The van der Waals surface area contributed by atoms with Crippen LogP contribution in [0, 0.1) is 0 Å². The van der Waals surface area contributed by atoms with Crippen molar-refractivity contribution in [3.8, 4) is 0 Å². The minimum Gasteiger partial charge on any atom is -0.392 e. The third-order valence-electron chi connectivity index (χ3n) is 4.37. The maximum atomic E-state index is 13.0. The summed E-state index contributed by atoms with van der Waals surface area (Å²) in [5.74, 6) is -0.586. The number of carbonyl (C=O) groups is 1. The molecule has 0 saturated heterocycles. The van der Waals surface area contributed by atoms with E-state index in [0.717, 1.165) is 18.2 Å². The Balaban J connectivity index is 1.91. The Hall–Kier alpha value is -3.03. The summed E-state index contributed by atoms with van der Waals surface area (Å²) in [7, 11) is 0. The summed E-state index contributed by atoms with van der Waals surface area (Å²) in [6.07, 6.45) is -4.56. The zero-order chi connectivity index (χ0) is 21.7. The van der Waals surface area contributed by atoms with Gasteiger partial charge in [-0.1, -0.05) is 54.1 Å². The maximum absolute atomic E-state index is 13.0. The lowest BCUT2D eigenvalue weighted by atomic mass is 10.0. The lowest BCUT2D eigenvalue weighted by Crippen LogP contribution is -2.27. The molecule has 0 aromatic heterocycles. The SMILES string of the molecule is O=C(Nc1cc(C(F)(F)F)ccc1Cl)[C@@H](Nc1cccc(CO)c1)c1ccccc1. The van der Waals surface area contributed by atoms with Crippen LogP contribution in [-0.4, -0.2) is 11.0 Å². The third-order valence-corrected chi connectivity index (χ3v) is 4.70. The summed E-state index contributed by atoms with van der Waals surface area (Å²) in [6.45, 7) is -0.169. The van der Waals surface area contributed by atoms with Gasteiger partial charge < -0.3 is 15.7 Å². The molecular formula is C22H18ClF3N2O2. The van der Waals surface area contributed by atoms with E-state index in [0.29, 0.717) is 16.8 Å². The molecule has 3 aromatic carbocycles. The smallest absolute Gasteiger partial charge is 0.392 e. The fourth-order valence-corrected chi connectivity index (χ4v) is 3.04. The summed E-state index contributed by atoms with van der Waals surface area (Å²) in [4.78, 5) is 13.0. The number of amides is 1. The molecule has 0 aliphatic heterocycles. The van der Waals surface area contributed by atoms with Crippen LogP contribution in [0.5, 0.6) is 0 Å². The Kier molecular flexibility index (Phi) is 6.64. The monoisotopic (exact) mass is 434 g/mol. The third kappa shape index (κ3) is 5.31. The van der Waals surface area contributed by atoms with Crippen LogP contribution < -0.4 is 10.6 Å². The molecule has 8 heteroatoms. The van der Waals surface area contributed by atoms with Crippen LogP contribution in [0.1, 0.15) is 22.7 Å². The topological polar surface area (TPSA) is 61.4 Å². The van der Waals surface area contributed by atoms with Crippen molar-refractivity contribution >= 4 is 28.9 Å². The molecule has 4 nitrogen and oxygen atoms in total. The quantitative estimate of drug-likeness (QED) is 0.470. The van der Waals surface area contributed by atoms with Gasteiger partial charge in [-0.3, -0.25) is 4.79 Å². The van der Waals surface area contributed by atoms with E-state index in [9.17, 15) is 23.1 Å². The number of aliphatic hydroxyl groups excluding tert-OH is 1. The van der Waals surface area contributed by atoms with Crippen molar-refractivity contribution in [1.82, 2.24) is 0 Å². The molecule has 0 fully saturated rings. The van der Waals surface area contributed by atoms with Crippen LogP contribution in [0.25, 0.3) is 0 Å². The van der Waals surface area contributed by atoms with Crippen molar-refractivity contribution in [3.63, 3.8) is 0 Å². The molecule has 0 unspecified atom stereocenters. The highest BCUT2D eigenvalue weighted by Crippen LogP contribution is 2.34. The van der Waals surface area contributed by atoms with E-state index >= 15 is 0 Å². The van der Waals surface area contributed by atoms with E-state index in [2.05, 4.69) is 10.6 Å². The standard InChI is InChI=1S/C22H18ClF3N2O2/c23-18-10-9-16(22(24,25)26)12-19(18)28-21(30)20(15-6-2-1-3-7-15)27-17-8-4-5-14(11-17)13-29/h1-12,20,27,29H,13H2,(H,28,30)/t20-/m0/s1. The summed E-state index contributed by atoms with van der Waals surface area (Å²) >= 11 is 6.01. The molecule has 0 spiro atoms. The minimum absolute atomic E-state index is 0.00885. The predicted molar refractivity (Wildman–Crippen MR) is 110 cm³/mol. The van der Waals surface area contributed by atoms with Gasteiger partial charge in [0.15, 0.2) is 0 Å². The van der Waals surface area contributed by atoms with Crippen LogP contribution in [-0.2, 0) is 17.6 Å². The van der Waals surface area contributed by atoms with E-state index in [-0.39, 0.29) is 17.3 Å². The van der Waals surface area contributed by atoms with Crippen molar-refractivity contribution in [1.29, 1.82) is 0 Å². The van der Waals surface area contributed by atoms with E-state index in [1.54, 1.807) is 54.6 Å². The second-order valence-electron chi connectivity index (χ2n) is 6.53. The van der Waals surface area contributed by atoms with Gasteiger partial charge in [0.2, 0.25) is 0 Å². The normalized spacial score (nSPS) is 12.3. The Morgan fingerprint density at radius 3 is 2.40 bits per heavy atom. The molecule has 156 valence electrons. The van der Waals surface area contributed by atoms with Gasteiger partial charge in [-0.25, -0.2) is 0 Å². The van der Waals surface area contributed by atoms with Gasteiger partial charge in [-0.2, -0.15) is 13.2 Å². The van der Waals surface area contributed by atoms with Crippen LogP contribution >= 0.6 is 11.6 Å². The Morgan fingerprint density at radius 1 is 1.00 bits per heavy atom. The first kappa shape index (κ1) is 21.7. The molecule has 30 heavy (non-hydrogen) atoms. The van der Waals surface area contributed by atoms with Gasteiger partial charge in [0, 0.05) is 5.69 Å². The first-order valence-corrected chi connectivity index (χ1v) is 9.34. The fourth-order valence-electron chi connectivity index (χ4n) is 2.87. The van der Waals surface area contributed by atoms with E-state index < -0.39 is 23.7 Å². The highest BCUT2D eigenvalue weighted by atomic mass is 35.5. The van der Waals surface area contributed by atoms with Crippen molar-refractivity contribution in [2.75, 3.05) is 10.6 Å². The van der Waals surface area contributed by atoms with Gasteiger partial charge in [0.05, 0.1) is 22.9 Å². The number of carbonyl (C=O) groups excluding carboxylic acids is 1.